The van der Waals surface area contributed by atoms with E-state index in [4.69, 9.17) is 4.52 Å². The van der Waals surface area contributed by atoms with Crippen LogP contribution in [0.15, 0.2) is 40.9 Å². The number of amides is 1. The average molecular weight is 259 g/mol. The Balaban J connectivity index is 2.03. The molecule has 0 radical (unpaired) electrons. The molecule has 1 unspecified atom stereocenters. The van der Waals surface area contributed by atoms with Gasteiger partial charge in [0.1, 0.15) is 5.69 Å². The maximum absolute atomic E-state index is 11.8. The summed E-state index contributed by atoms with van der Waals surface area (Å²) in [7, 11) is 1.85. The van der Waals surface area contributed by atoms with Gasteiger partial charge in [0.05, 0.1) is 0 Å². The number of hydrogen-bond acceptors (Lipinski definition) is 4. The summed E-state index contributed by atoms with van der Waals surface area (Å²) >= 11 is 0. The lowest BCUT2D eigenvalue weighted by Crippen LogP contribution is -2.37. The van der Waals surface area contributed by atoms with Gasteiger partial charge in [0.25, 0.3) is 5.91 Å². The zero-order valence-corrected chi connectivity index (χ0v) is 11.0. The van der Waals surface area contributed by atoms with Crippen LogP contribution in [0.5, 0.6) is 0 Å². The van der Waals surface area contributed by atoms with Crippen LogP contribution in [-0.2, 0) is 0 Å². The van der Waals surface area contributed by atoms with Crippen LogP contribution in [0.1, 0.15) is 17.5 Å². The third-order valence-corrected chi connectivity index (χ3v) is 2.87. The van der Waals surface area contributed by atoms with Crippen LogP contribution < -0.4 is 10.6 Å². The molecule has 19 heavy (non-hydrogen) atoms. The third-order valence-electron chi connectivity index (χ3n) is 2.87. The molecule has 0 saturated heterocycles. The van der Waals surface area contributed by atoms with Crippen LogP contribution in [0.3, 0.4) is 0 Å². The molecule has 5 heteroatoms. The molecule has 2 aromatic rings. The van der Waals surface area contributed by atoms with Gasteiger partial charge in [-0.05, 0) is 14.0 Å². The van der Waals surface area contributed by atoms with E-state index in [0.717, 1.165) is 5.56 Å². The maximum atomic E-state index is 11.8. The molecule has 5 nitrogen and oxygen atoms in total. The van der Waals surface area contributed by atoms with Crippen molar-refractivity contribution in [2.75, 3.05) is 13.6 Å². The number of nitrogens with one attached hydrogen (secondary N) is 2. The topological polar surface area (TPSA) is 67.2 Å². The van der Waals surface area contributed by atoms with Gasteiger partial charge >= 0.3 is 0 Å². The van der Waals surface area contributed by atoms with Crippen molar-refractivity contribution in [3.05, 3.63) is 42.2 Å². The van der Waals surface area contributed by atoms with Crippen molar-refractivity contribution in [2.45, 2.75) is 13.0 Å². The van der Waals surface area contributed by atoms with Gasteiger partial charge in [-0.1, -0.05) is 35.5 Å². The molecule has 1 atom stereocenters. The second kappa shape index (κ2) is 6.15. The molecule has 100 valence electrons. The first-order valence-corrected chi connectivity index (χ1v) is 6.18. The fraction of sp³-hybridized carbons (Fsp3) is 0.286. The summed E-state index contributed by atoms with van der Waals surface area (Å²) in [4.78, 5) is 11.8. The Bertz CT molecular complexity index is 537. The van der Waals surface area contributed by atoms with Crippen LogP contribution in [0.4, 0.5) is 0 Å². The molecular weight excluding hydrogens is 242 g/mol. The fourth-order valence-electron chi connectivity index (χ4n) is 1.56. The lowest BCUT2D eigenvalue weighted by atomic mass is 10.1. The molecule has 0 spiro atoms. The van der Waals surface area contributed by atoms with Crippen molar-refractivity contribution in [1.82, 2.24) is 15.8 Å². The molecule has 1 aromatic heterocycles. The average Bonchev–Trinajstić information content (AvgIpc) is 2.95. The van der Waals surface area contributed by atoms with E-state index in [1.165, 1.54) is 0 Å². The van der Waals surface area contributed by atoms with E-state index in [1.54, 1.807) is 6.07 Å². The molecule has 0 fully saturated rings. The number of hydrogen-bond donors (Lipinski definition) is 2. The van der Waals surface area contributed by atoms with Gasteiger partial charge in [0, 0.05) is 24.2 Å². The number of carbonyl (C=O) groups excluding carboxylic acids is 1. The minimum atomic E-state index is -0.253. The molecule has 0 aliphatic carbocycles. The quantitative estimate of drug-likeness (QED) is 0.857. The lowest BCUT2D eigenvalue weighted by molar-refractivity contribution is 0.0913. The van der Waals surface area contributed by atoms with E-state index >= 15 is 0 Å². The second-order valence-electron chi connectivity index (χ2n) is 4.34. The molecule has 1 heterocycles. The van der Waals surface area contributed by atoms with Gasteiger partial charge in [-0.2, -0.15) is 0 Å². The highest BCUT2D eigenvalue weighted by molar-refractivity contribution is 5.92. The SMILES string of the molecule is CNC(C)CNC(=O)c1cc(-c2ccccc2)no1. The van der Waals surface area contributed by atoms with Crippen molar-refractivity contribution in [2.24, 2.45) is 0 Å². The minimum absolute atomic E-state index is 0.209. The van der Waals surface area contributed by atoms with Gasteiger partial charge in [0.2, 0.25) is 5.76 Å². The Morgan fingerprint density at radius 1 is 1.37 bits per heavy atom. The van der Waals surface area contributed by atoms with Crippen molar-refractivity contribution >= 4 is 5.91 Å². The lowest BCUT2D eigenvalue weighted by Gasteiger charge is -2.09. The number of likely N-dealkylation sites (N-methyl/N-ethyl adjacent to an activating group) is 1. The Morgan fingerprint density at radius 2 is 2.11 bits per heavy atom. The van der Waals surface area contributed by atoms with Crippen molar-refractivity contribution < 1.29 is 9.32 Å². The van der Waals surface area contributed by atoms with E-state index in [0.29, 0.717) is 12.2 Å². The largest absolute Gasteiger partial charge is 0.350 e. The number of aromatic nitrogens is 1. The third kappa shape index (κ3) is 3.42. The molecule has 2 N–H and O–H groups in total. The van der Waals surface area contributed by atoms with E-state index < -0.39 is 0 Å². The Morgan fingerprint density at radius 3 is 2.79 bits per heavy atom. The van der Waals surface area contributed by atoms with Gasteiger partial charge in [-0.25, -0.2) is 0 Å². The summed E-state index contributed by atoms with van der Waals surface area (Å²) in [6, 6.07) is 11.5. The number of carbonyl (C=O) groups is 1. The van der Waals surface area contributed by atoms with Crippen LogP contribution in [0.25, 0.3) is 11.3 Å². The van der Waals surface area contributed by atoms with Crippen LogP contribution in [-0.4, -0.2) is 30.7 Å². The molecule has 0 aliphatic rings. The first kappa shape index (κ1) is 13.3. The molecular formula is C14H17N3O2. The molecule has 1 amide bonds. The summed E-state index contributed by atoms with van der Waals surface area (Å²) in [5.74, 6) is -0.0288. The summed E-state index contributed by atoms with van der Waals surface area (Å²) < 4.78 is 5.06. The summed E-state index contributed by atoms with van der Waals surface area (Å²) in [5, 5.41) is 9.72. The highest BCUT2D eigenvalue weighted by Crippen LogP contribution is 2.18. The van der Waals surface area contributed by atoms with Crippen LogP contribution >= 0.6 is 0 Å². The molecule has 1 aromatic carbocycles. The van der Waals surface area contributed by atoms with Gasteiger partial charge < -0.3 is 15.2 Å². The molecule has 0 saturated carbocycles. The highest BCUT2D eigenvalue weighted by atomic mass is 16.5. The first-order valence-electron chi connectivity index (χ1n) is 6.18. The Labute approximate surface area is 112 Å². The van der Waals surface area contributed by atoms with Crippen molar-refractivity contribution in [3.8, 4) is 11.3 Å². The first-order chi connectivity index (χ1) is 9.20. The van der Waals surface area contributed by atoms with E-state index in [9.17, 15) is 4.79 Å². The van der Waals surface area contributed by atoms with Gasteiger partial charge in [0.15, 0.2) is 0 Å². The summed E-state index contributed by atoms with van der Waals surface area (Å²) in [6.45, 7) is 2.52. The molecule has 0 bridgehead atoms. The van der Waals surface area contributed by atoms with Crippen molar-refractivity contribution in [3.63, 3.8) is 0 Å². The Kier molecular flexibility index (Phi) is 4.30. The number of rotatable bonds is 5. The summed E-state index contributed by atoms with van der Waals surface area (Å²) in [5.41, 5.74) is 1.58. The van der Waals surface area contributed by atoms with Gasteiger partial charge in [-0.15, -0.1) is 0 Å². The van der Waals surface area contributed by atoms with Gasteiger partial charge in [-0.3, -0.25) is 4.79 Å². The maximum Gasteiger partial charge on any atom is 0.289 e. The summed E-state index contributed by atoms with van der Waals surface area (Å²) in [6.07, 6.45) is 0. The standard InChI is InChI=1S/C14H17N3O2/c1-10(15-2)9-16-14(18)13-8-12(17-19-13)11-6-4-3-5-7-11/h3-8,10,15H,9H2,1-2H3,(H,16,18). The highest BCUT2D eigenvalue weighted by Gasteiger charge is 2.14. The number of benzene rings is 1. The predicted molar refractivity (Wildman–Crippen MR) is 72.8 cm³/mol. The molecule has 2 rings (SSSR count). The van der Waals surface area contributed by atoms with E-state index in [1.807, 2.05) is 44.3 Å². The second-order valence-corrected chi connectivity index (χ2v) is 4.34. The minimum Gasteiger partial charge on any atom is -0.350 e. The van der Waals surface area contributed by atoms with Crippen LogP contribution in [0, 0.1) is 0 Å². The fourth-order valence-corrected chi connectivity index (χ4v) is 1.56. The zero-order valence-electron chi connectivity index (χ0n) is 11.0. The molecule has 0 aliphatic heterocycles. The van der Waals surface area contributed by atoms with Crippen LogP contribution in [0.2, 0.25) is 0 Å². The normalized spacial score (nSPS) is 12.1. The Hall–Kier alpha value is -2.14. The zero-order chi connectivity index (χ0) is 13.7. The van der Waals surface area contributed by atoms with E-state index in [-0.39, 0.29) is 17.7 Å². The number of nitrogens with zero attached hydrogens (tertiary/aromatic N) is 1. The van der Waals surface area contributed by atoms with Crippen molar-refractivity contribution in [1.29, 1.82) is 0 Å². The monoisotopic (exact) mass is 259 g/mol. The smallest absolute Gasteiger partial charge is 0.289 e. The van der Waals surface area contributed by atoms with E-state index in [2.05, 4.69) is 15.8 Å². The predicted octanol–water partition coefficient (Wildman–Crippen LogP) is 1.68.